The van der Waals surface area contributed by atoms with E-state index in [2.05, 4.69) is 29.2 Å². The molecule has 0 saturated heterocycles. The molecule has 1 N–H and O–H groups in total. The van der Waals surface area contributed by atoms with Crippen LogP contribution in [0, 0.1) is 0 Å². The summed E-state index contributed by atoms with van der Waals surface area (Å²) in [5.41, 5.74) is 0.731. The van der Waals surface area contributed by atoms with Crippen molar-refractivity contribution >= 4 is 30.3 Å². The van der Waals surface area contributed by atoms with Gasteiger partial charge in [-0.15, -0.1) is 12.4 Å². The number of aliphatic carboxylic acids is 1. The number of carboxylic acid groups (broad SMARTS) is 1. The van der Waals surface area contributed by atoms with Gasteiger partial charge in [-0.1, -0.05) is 33.1 Å². The summed E-state index contributed by atoms with van der Waals surface area (Å²) in [5, 5.41) is 8.21. The molecule has 0 atom stereocenters. The first-order chi connectivity index (χ1) is 13.6. The number of nitrogens with zero attached hydrogens (tertiary/aromatic N) is 2. The number of esters is 2. The average Bonchev–Trinajstić information content (AvgIpc) is 2.61. The SMILES string of the molecule is C=C(C)C(=O)OC.C=C(CCC)C(=O)O.C=CC(=O)OCC.CN(C)C.CN(C)C.Cl. The molecule has 0 bridgehead atoms. The summed E-state index contributed by atoms with van der Waals surface area (Å²) in [6.07, 6.45) is 2.59. The number of ether oxygens (including phenoxy) is 2. The Balaban J connectivity index is -0.0000000642. The first-order valence-electron chi connectivity index (χ1n) is 9.30. The molecule has 9 heteroatoms. The van der Waals surface area contributed by atoms with Gasteiger partial charge in [-0.25, -0.2) is 14.4 Å². The van der Waals surface area contributed by atoms with Gasteiger partial charge < -0.3 is 24.4 Å². The largest absolute Gasteiger partial charge is 0.478 e. The lowest BCUT2D eigenvalue weighted by atomic mass is 10.2. The highest BCUT2D eigenvalue weighted by molar-refractivity contribution is 5.86. The second-order valence-corrected chi connectivity index (χ2v) is 6.57. The Morgan fingerprint density at radius 1 is 0.968 bits per heavy atom. The molecule has 0 amide bonds. The van der Waals surface area contributed by atoms with E-state index in [4.69, 9.17) is 5.11 Å². The summed E-state index contributed by atoms with van der Waals surface area (Å²) < 4.78 is 8.71. The van der Waals surface area contributed by atoms with Crippen molar-refractivity contribution in [3.63, 3.8) is 0 Å². The zero-order valence-electron chi connectivity index (χ0n) is 21.1. The van der Waals surface area contributed by atoms with Gasteiger partial charge in [0.15, 0.2) is 0 Å². The van der Waals surface area contributed by atoms with E-state index in [1.165, 1.54) is 7.11 Å². The number of rotatable bonds is 6. The van der Waals surface area contributed by atoms with Crippen molar-refractivity contribution in [1.29, 1.82) is 0 Å². The summed E-state index contributed by atoms with van der Waals surface area (Å²) in [4.78, 5) is 34.3. The van der Waals surface area contributed by atoms with Gasteiger partial charge in [0.2, 0.25) is 0 Å². The molecule has 0 aromatic heterocycles. The van der Waals surface area contributed by atoms with Crippen molar-refractivity contribution in [1.82, 2.24) is 9.80 Å². The third kappa shape index (κ3) is 74.1. The first-order valence-corrected chi connectivity index (χ1v) is 9.30. The Bertz CT molecular complexity index is 479. The summed E-state index contributed by atoms with van der Waals surface area (Å²) in [6.45, 7) is 15.6. The molecular formula is C22H45ClN2O6. The maximum Gasteiger partial charge on any atom is 0.332 e. The van der Waals surface area contributed by atoms with Crippen LogP contribution in [0.25, 0.3) is 0 Å². The molecule has 8 nitrogen and oxygen atoms in total. The second kappa shape index (κ2) is 32.5. The topological polar surface area (TPSA) is 96.4 Å². The van der Waals surface area contributed by atoms with Crippen LogP contribution in [0.3, 0.4) is 0 Å². The smallest absolute Gasteiger partial charge is 0.332 e. The highest BCUT2D eigenvalue weighted by Crippen LogP contribution is 1.99. The fourth-order valence-electron chi connectivity index (χ4n) is 0.784. The van der Waals surface area contributed by atoms with Crippen molar-refractivity contribution < 1.29 is 29.0 Å². The number of hydrogen-bond acceptors (Lipinski definition) is 7. The molecule has 0 rings (SSSR count). The third-order valence-corrected chi connectivity index (χ3v) is 1.84. The molecule has 0 saturated carbocycles. The van der Waals surface area contributed by atoms with Crippen molar-refractivity contribution in [3.8, 4) is 0 Å². The minimum absolute atomic E-state index is 0. The Morgan fingerprint density at radius 2 is 1.32 bits per heavy atom. The zero-order valence-corrected chi connectivity index (χ0v) is 21.9. The first kappa shape index (κ1) is 42.8. The molecule has 0 radical (unpaired) electrons. The van der Waals surface area contributed by atoms with Crippen molar-refractivity contribution in [2.45, 2.75) is 33.6 Å². The summed E-state index contributed by atoms with van der Waals surface area (Å²) in [7, 11) is 13.3. The lowest BCUT2D eigenvalue weighted by Gasteiger charge is -1.92. The Kier molecular flexibility index (Phi) is 44.9. The molecule has 186 valence electrons. The van der Waals surface area contributed by atoms with Crippen LogP contribution in [0.2, 0.25) is 0 Å². The molecule has 0 aliphatic heterocycles. The van der Waals surface area contributed by atoms with Gasteiger partial charge in [0.05, 0.1) is 13.7 Å². The number of carboxylic acids is 1. The monoisotopic (exact) mass is 468 g/mol. The normalized spacial score (nSPS) is 8.00. The number of methoxy groups -OCH3 is 1. The second-order valence-electron chi connectivity index (χ2n) is 6.57. The summed E-state index contributed by atoms with van der Waals surface area (Å²) in [6, 6.07) is 0. The lowest BCUT2D eigenvalue weighted by Crippen LogP contribution is -1.99. The number of hydrogen-bond donors (Lipinski definition) is 1. The molecule has 0 aliphatic carbocycles. The van der Waals surface area contributed by atoms with Crippen LogP contribution < -0.4 is 0 Å². The van der Waals surface area contributed by atoms with E-state index in [1.54, 1.807) is 13.8 Å². The van der Waals surface area contributed by atoms with Gasteiger partial charge in [-0.2, -0.15) is 0 Å². The van der Waals surface area contributed by atoms with Crippen molar-refractivity contribution in [2.75, 3.05) is 56.0 Å². The number of carbonyl (C=O) groups excluding carboxylic acids is 2. The van der Waals surface area contributed by atoms with E-state index in [-0.39, 0.29) is 24.3 Å². The summed E-state index contributed by atoms with van der Waals surface area (Å²) in [5.74, 6) is -1.59. The van der Waals surface area contributed by atoms with Crippen LogP contribution in [0.5, 0.6) is 0 Å². The minimum Gasteiger partial charge on any atom is -0.478 e. The molecule has 31 heavy (non-hydrogen) atoms. The van der Waals surface area contributed by atoms with Crippen molar-refractivity contribution in [2.24, 2.45) is 0 Å². The van der Waals surface area contributed by atoms with Gasteiger partial charge >= 0.3 is 17.9 Å². The van der Waals surface area contributed by atoms with Crippen LogP contribution in [-0.2, 0) is 23.9 Å². The molecule has 0 fully saturated rings. The predicted molar refractivity (Wildman–Crippen MR) is 132 cm³/mol. The molecule has 0 aromatic rings. The minimum atomic E-state index is -0.883. The maximum atomic E-state index is 10.2. The van der Waals surface area contributed by atoms with Crippen LogP contribution in [-0.4, -0.2) is 88.8 Å². The Morgan fingerprint density at radius 3 is 1.39 bits per heavy atom. The van der Waals surface area contributed by atoms with Crippen LogP contribution in [0.15, 0.2) is 37.0 Å². The van der Waals surface area contributed by atoms with Crippen LogP contribution in [0.1, 0.15) is 33.6 Å². The predicted octanol–water partition coefficient (Wildman–Crippen LogP) is 3.68. The van der Waals surface area contributed by atoms with Crippen LogP contribution in [0.4, 0.5) is 0 Å². The molecule has 0 spiro atoms. The average molecular weight is 469 g/mol. The van der Waals surface area contributed by atoms with E-state index in [9.17, 15) is 14.4 Å². The number of halogens is 1. The third-order valence-electron chi connectivity index (χ3n) is 1.84. The van der Waals surface area contributed by atoms with Gasteiger partial charge in [0, 0.05) is 17.2 Å². The quantitative estimate of drug-likeness (QED) is 0.465. The molecule has 0 unspecified atom stereocenters. The zero-order chi connectivity index (χ0) is 25.3. The summed E-state index contributed by atoms with van der Waals surface area (Å²) >= 11 is 0. The highest BCUT2D eigenvalue weighted by atomic mass is 35.5. The molecular weight excluding hydrogens is 424 g/mol. The fourth-order valence-corrected chi connectivity index (χ4v) is 0.784. The van der Waals surface area contributed by atoms with E-state index in [0.29, 0.717) is 24.2 Å². The lowest BCUT2D eigenvalue weighted by molar-refractivity contribution is -0.137. The standard InChI is InChI=1S/C6H10O2.2C5H8O2.2C3H9N.ClH/c1-3-4-5(2)6(7)8;1-4(2)5(6)7-3;1-3-5(6)7-4-2;2*1-4(2)3;/h2-4H2,1H3,(H,7,8);1H2,2-3H3;3H,1,4H2,2H3;2*1-3H3;1H. The van der Waals surface area contributed by atoms with Gasteiger partial charge in [-0.05, 0) is 62.6 Å². The molecule has 0 heterocycles. The highest BCUT2D eigenvalue weighted by Gasteiger charge is 1.99. The fraction of sp³-hybridized carbons (Fsp3) is 0.591. The van der Waals surface area contributed by atoms with Crippen molar-refractivity contribution in [3.05, 3.63) is 37.0 Å². The van der Waals surface area contributed by atoms with Gasteiger partial charge in [0.25, 0.3) is 0 Å². The molecule has 0 aromatic carbocycles. The van der Waals surface area contributed by atoms with E-state index < -0.39 is 5.97 Å². The van der Waals surface area contributed by atoms with Gasteiger partial charge in [-0.3, -0.25) is 0 Å². The molecule has 0 aliphatic rings. The van der Waals surface area contributed by atoms with E-state index >= 15 is 0 Å². The van der Waals surface area contributed by atoms with E-state index in [0.717, 1.165) is 12.5 Å². The Hall–Kier alpha value is -2.16. The number of carbonyl (C=O) groups is 3. The maximum absolute atomic E-state index is 10.2. The van der Waals surface area contributed by atoms with Crippen LogP contribution >= 0.6 is 12.4 Å². The van der Waals surface area contributed by atoms with Gasteiger partial charge in [0.1, 0.15) is 0 Å². The Labute approximate surface area is 196 Å². The van der Waals surface area contributed by atoms with E-state index in [1.807, 2.05) is 59.0 Å².